The van der Waals surface area contributed by atoms with E-state index in [9.17, 15) is 19.2 Å². The van der Waals surface area contributed by atoms with E-state index in [-0.39, 0.29) is 29.0 Å². The number of nitrogens with two attached hydrogens (primary N) is 1. The van der Waals surface area contributed by atoms with Crippen molar-refractivity contribution in [3.05, 3.63) is 16.5 Å². The van der Waals surface area contributed by atoms with Gasteiger partial charge in [0.2, 0.25) is 5.91 Å². The molecule has 0 spiro atoms. The molecule has 1 fully saturated rings. The van der Waals surface area contributed by atoms with E-state index >= 15 is 0 Å². The molecule has 1 saturated heterocycles. The average molecular weight is 293 g/mol. The van der Waals surface area contributed by atoms with E-state index in [2.05, 4.69) is 5.32 Å². The van der Waals surface area contributed by atoms with E-state index in [4.69, 9.17) is 5.73 Å². The quantitative estimate of drug-likeness (QED) is 0.715. The SMILES string of the molecule is C[C@@]1(N2C(=O)c3csc(N)c3C2=O)CCC(=O)NC1=O. The molecule has 0 aliphatic carbocycles. The molecule has 3 rings (SSSR count). The lowest BCUT2D eigenvalue weighted by Crippen LogP contribution is -2.62. The number of nitrogen functional groups attached to an aromatic ring is 1. The summed E-state index contributed by atoms with van der Waals surface area (Å²) in [4.78, 5) is 48.9. The molecule has 8 heteroatoms. The minimum absolute atomic E-state index is 0.0849. The third kappa shape index (κ3) is 1.45. The Kier molecular flexibility index (Phi) is 2.49. The Hall–Kier alpha value is -2.22. The maximum atomic E-state index is 12.4. The molecule has 1 aromatic heterocycles. The number of carbonyl (C=O) groups excluding carboxylic acids is 4. The lowest BCUT2D eigenvalue weighted by Gasteiger charge is -2.38. The summed E-state index contributed by atoms with van der Waals surface area (Å²) in [7, 11) is 0. The van der Waals surface area contributed by atoms with Crippen molar-refractivity contribution in [3.63, 3.8) is 0 Å². The summed E-state index contributed by atoms with van der Waals surface area (Å²) in [5.74, 6) is -2.15. The van der Waals surface area contributed by atoms with Gasteiger partial charge in [0.15, 0.2) is 0 Å². The van der Waals surface area contributed by atoms with Gasteiger partial charge in [0.1, 0.15) is 5.54 Å². The van der Waals surface area contributed by atoms with Crippen LogP contribution < -0.4 is 11.1 Å². The molecule has 7 nitrogen and oxygen atoms in total. The molecule has 0 saturated carbocycles. The van der Waals surface area contributed by atoms with E-state index < -0.39 is 29.2 Å². The van der Waals surface area contributed by atoms with Crippen LogP contribution in [0, 0.1) is 0 Å². The smallest absolute Gasteiger partial charge is 0.265 e. The zero-order chi connectivity index (χ0) is 14.7. The van der Waals surface area contributed by atoms with Crippen LogP contribution in [0.1, 0.15) is 40.5 Å². The largest absolute Gasteiger partial charge is 0.390 e. The van der Waals surface area contributed by atoms with Gasteiger partial charge in [-0.05, 0) is 13.3 Å². The number of imide groups is 2. The molecule has 0 aromatic carbocycles. The van der Waals surface area contributed by atoms with Crippen molar-refractivity contribution in [1.29, 1.82) is 0 Å². The summed E-state index contributed by atoms with van der Waals surface area (Å²) in [5.41, 5.74) is 4.73. The monoisotopic (exact) mass is 293 g/mol. The second-order valence-electron chi connectivity index (χ2n) is 4.99. The van der Waals surface area contributed by atoms with Crippen molar-refractivity contribution in [2.24, 2.45) is 0 Å². The van der Waals surface area contributed by atoms with Gasteiger partial charge in [-0.1, -0.05) is 0 Å². The van der Waals surface area contributed by atoms with Crippen molar-refractivity contribution in [3.8, 4) is 0 Å². The predicted octanol–water partition coefficient (Wildman–Crippen LogP) is 0.122. The van der Waals surface area contributed by atoms with Gasteiger partial charge in [0.25, 0.3) is 17.7 Å². The van der Waals surface area contributed by atoms with Crippen LogP contribution in [0.5, 0.6) is 0 Å². The summed E-state index contributed by atoms with van der Waals surface area (Å²) in [6.45, 7) is 1.48. The molecule has 4 amide bonds. The van der Waals surface area contributed by atoms with Gasteiger partial charge >= 0.3 is 0 Å². The lowest BCUT2D eigenvalue weighted by molar-refractivity contribution is -0.140. The summed E-state index contributed by atoms with van der Waals surface area (Å²) in [6, 6.07) is 0. The molecular formula is C12H11N3O4S. The number of amides is 4. The molecule has 104 valence electrons. The number of fused-ring (bicyclic) bond motifs is 1. The molecule has 3 heterocycles. The van der Waals surface area contributed by atoms with E-state index in [1.807, 2.05) is 0 Å². The van der Waals surface area contributed by atoms with Crippen LogP contribution in [-0.4, -0.2) is 34.1 Å². The van der Waals surface area contributed by atoms with Crippen molar-refractivity contribution in [2.75, 3.05) is 5.73 Å². The Morgan fingerprint density at radius 2 is 2.00 bits per heavy atom. The molecule has 3 N–H and O–H groups in total. The molecule has 1 atom stereocenters. The van der Waals surface area contributed by atoms with Crippen LogP contribution in [0.25, 0.3) is 0 Å². The minimum Gasteiger partial charge on any atom is -0.390 e. The van der Waals surface area contributed by atoms with E-state index in [0.29, 0.717) is 0 Å². The third-order valence-electron chi connectivity index (χ3n) is 3.74. The number of anilines is 1. The highest BCUT2D eigenvalue weighted by molar-refractivity contribution is 7.14. The van der Waals surface area contributed by atoms with Gasteiger partial charge in [0, 0.05) is 11.8 Å². The highest BCUT2D eigenvalue weighted by atomic mass is 32.1. The van der Waals surface area contributed by atoms with Crippen LogP contribution >= 0.6 is 11.3 Å². The van der Waals surface area contributed by atoms with Crippen molar-refractivity contribution < 1.29 is 19.2 Å². The normalized spacial score (nSPS) is 25.9. The molecule has 0 unspecified atom stereocenters. The standard InChI is InChI=1S/C12H11N3O4S/c1-12(3-2-6(16)14-11(12)19)15-9(17)5-4-20-8(13)7(5)10(15)18/h4H,2-3,13H2,1H3,(H,14,16,19)/t12-/m1/s1. The topological polar surface area (TPSA) is 110 Å². The predicted molar refractivity (Wildman–Crippen MR) is 70.0 cm³/mol. The second kappa shape index (κ2) is 3.89. The zero-order valence-electron chi connectivity index (χ0n) is 10.6. The number of carbonyl (C=O) groups is 4. The van der Waals surface area contributed by atoms with Crippen LogP contribution in [0.15, 0.2) is 5.38 Å². The maximum Gasteiger partial charge on any atom is 0.265 e. The highest BCUT2D eigenvalue weighted by Gasteiger charge is 2.53. The third-order valence-corrected chi connectivity index (χ3v) is 4.56. The number of hydrogen-bond acceptors (Lipinski definition) is 6. The molecule has 1 aromatic rings. The summed E-state index contributed by atoms with van der Waals surface area (Å²) >= 11 is 1.12. The van der Waals surface area contributed by atoms with E-state index in [1.165, 1.54) is 12.3 Å². The fourth-order valence-electron chi connectivity index (χ4n) is 2.53. The van der Waals surface area contributed by atoms with Gasteiger partial charge in [-0.25, -0.2) is 0 Å². The minimum atomic E-state index is -1.36. The molecule has 0 radical (unpaired) electrons. The van der Waals surface area contributed by atoms with Crippen molar-refractivity contribution in [2.45, 2.75) is 25.3 Å². The number of hydrogen-bond donors (Lipinski definition) is 2. The first-order valence-electron chi connectivity index (χ1n) is 5.96. The van der Waals surface area contributed by atoms with Gasteiger partial charge < -0.3 is 5.73 Å². The molecular weight excluding hydrogens is 282 g/mol. The Labute approximate surface area is 117 Å². The van der Waals surface area contributed by atoms with Crippen LogP contribution in [0.4, 0.5) is 5.00 Å². The molecule has 20 heavy (non-hydrogen) atoms. The first-order valence-corrected chi connectivity index (χ1v) is 6.84. The molecule has 2 aliphatic rings. The van der Waals surface area contributed by atoms with Crippen LogP contribution in [0.2, 0.25) is 0 Å². The summed E-state index contributed by atoms with van der Waals surface area (Å²) < 4.78 is 0. The lowest BCUT2D eigenvalue weighted by atomic mass is 9.89. The molecule has 0 bridgehead atoms. The average Bonchev–Trinajstić information content (AvgIpc) is 2.87. The van der Waals surface area contributed by atoms with Crippen molar-refractivity contribution >= 4 is 40.0 Å². The van der Waals surface area contributed by atoms with Crippen LogP contribution in [0.3, 0.4) is 0 Å². The Bertz CT molecular complexity index is 680. The number of nitrogens with one attached hydrogen (secondary N) is 1. The van der Waals surface area contributed by atoms with E-state index in [0.717, 1.165) is 16.2 Å². The maximum absolute atomic E-state index is 12.4. The van der Waals surface area contributed by atoms with Gasteiger partial charge in [0.05, 0.1) is 16.1 Å². The molecule has 2 aliphatic heterocycles. The number of nitrogens with zero attached hydrogens (tertiary/aromatic N) is 1. The Balaban J connectivity index is 2.04. The fourth-order valence-corrected chi connectivity index (χ4v) is 3.31. The van der Waals surface area contributed by atoms with Gasteiger partial charge in [-0.3, -0.25) is 29.4 Å². The Morgan fingerprint density at radius 1 is 1.30 bits per heavy atom. The fraction of sp³-hybridized carbons (Fsp3) is 0.333. The van der Waals surface area contributed by atoms with Crippen molar-refractivity contribution in [1.82, 2.24) is 10.2 Å². The first kappa shape index (κ1) is 12.8. The van der Waals surface area contributed by atoms with E-state index in [1.54, 1.807) is 0 Å². The first-order chi connectivity index (χ1) is 9.36. The second-order valence-corrected chi connectivity index (χ2v) is 5.90. The number of rotatable bonds is 1. The van der Waals surface area contributed by atoms with Gasteiger partial charge in [-0.15, -0.1) is 11.3 Å². The number of thiophene rings is 1. The highest BCUT2D eigenvalue weighted by Crippen LogP contribution is 2.38. The number of piperidine rings is 1. The van der Waals surface area contributed by atoms with Crippen LogP contribution in [-0.2, 0) is 9.59 Å². The van der Waals surface area contributed by atoms with Gasteiger partial charge in [-0.2, -0.15) is 0 Å². The summed E-state index contributed by atoms with van der Waals surface area (Å²) in [5, 5.41) is 3.94. The summed E-state index contributed by atoms with van der Waals surface area (Å²) in [6.07, 6.45) is 0.199. The Morgan fingerprint density at radius 3 is 2.60 bits per heavy atom. The zero-order valence-corrected chi connectivity index (χ0v) is 11.4.